The minimum Gasteiger partial charge on any atom is -0.497 e. The van der Waals surface area contributed by atoms with Gasteiger partial charge in [0.15, 0.2) is 0 Å². The van der Waals surface area contributed by atoms with Gasteiger partial charge in [0.1, 0.15) is 5.75 Å². The van der Waals surface area contributed by atoms with Crippen LogP contribution < -0.4 is 15.8 Å². The Kier molecular flexibility index (Phi) is 16.5. The van der Waals surface area contributed by atoms with Crippen molar-refractivity contribution >= 4 is 46.9 Å². The number of urea groups is 1. The first-order valence-electron chi connectivity index (χ1n) is 18.6. The first-order chi connectivity index (χ1) is 26.1. The van der Waals surface area contributed by atoms with Crippen LogP contribution in [0.4, 0.5) is 10.5 Å². The van der Waals surface area contributed by atoms with E-state index in [4.69, 9.17) is 31.5 Å². The predicted octanol–water partition coefficient (Wildman–Crippen LogP) is 7.30. The highest BCUT2D eigenvalue weighted by molar-refractivity contribution is 6.51. The molecule has 1 fully saturated rings. The van der Waals surface area contributed by atoms with Crippen molar-refractivity contribution in [1.29, 1.82) is 0 Å². The number of carbonyl (C=O) groups is 5. The van der Waals surface area contributed by atoms with Crippen molar-refractivity contribution in [2.75, 3.05) is 32.2 Å². The van der Waals surface area contributed by atoms with E-state index in [1.54, 1.807) is 30.3 Å². The molecule has 0 aromatic heterocycles. The van der Waals surface area contributed by atoms with Crippen LogP contribution in [-0.2, 0) is 25.6 Å². The molecule has 1 saturated heterocycles. The second kappa shape index (κ2) is 21.2. The van der Waals surface area contributed by atoms with Crippen molar-refractivity contribution in [3.05, 3.63) is 95.6 Å². The average Bonchev–Trinajstić information content (AvgIpc) is 3.42. The van der Waals surface area contributed by atoms with E-state index in [2.05, 4.69) is 12.2 Å². The Bertz CT molecular complexity index is 1710. The zero-order chi connectivity index (χ0) is 38.9. The number of nitrogens with one attached hydrogen (secondary N) is 1. The number of methoxy groups -OCH3 is 1. The smallest absolute Gasteiger partial charge is 0.338 e. The number of anilines is 1. The van der Waals surface area contributed by atoms with Crippen molar-refractivity contribution < 1.29 is 38.2 Å². The second-order valence-corrected chi connectivity index (χ2v) is 13.7. The zero-order valence-electron chi connectivity index (χ0n) is 31.1. The average molecular weight is 763 g/mol. The molecule has 4 amide bonds. The lowest BCUT2D eigenvalue weighted by Gasteiger charge is -2.32. The molecule has 4 rings (SSSR count). The number of alkyl halides is 1. The van der Waals surface area contributed by atoms with E-state index >= 15 is 0 Å². The lowest BCUT2D eigenvalue weighted by molar-refractivity contribution is -0.145. The molecule has 2 unspecified atom stereocenters. The van der Waals surface area contributed by atoms with Crippen LogP contribution in [0, 0.1) is 0 Å². The molecule has 0 spiro atoms. The highest BCUT2D eigenvalue weighted by Gasteiger charge is 2.61. The van der Waals surface area contributed by atoms with Gasteiger partial charge in [0.05, 0.1) is 32.4 Å². The summed E-state index contributed by atoms with van der Waals surface area (Å²) in [5.74, 6) is -3.46. The molecular weight excluding hydrogens is 712 g/mol. The molecule has 3 aromatic rings. The molecule has 13 heteroatoms. The van der Waals surface area contributed by atoms with E-state index in [9.17, 15) is 24.0 Å². The van der Waals surface area contributed by atoms with Crippen LogP contribution in [0.1, 0.15) is 97.4 Å². The number of rotatable bonds is 23. The number of ketones is 1. The summed E-state index contributed by atoms with van der Waals surface area (Å²) in [6.07, 6.45) is 9.97. The lowest BCUT2D eigenvalue weighted by Crippen LogP contribution is -2.60. The summed E-state index contributed by atoms with van der Waals surface area (Å²) in [6.45, 7) is 2.30. The van der Waals surface area contributed by atoms with Gasteiger partial charge in [-0.25, -0.2) is 14.5 Å². The number of esters is 1. The van der Waals surface area contributed by atoms with Gasteiger partial charge in [-0.3, -0.25) is 19.3 Å². The van der Waals surface area contributed by atoms with Gasteiger partial charge in [-0.2, -0.15) is 0 Å². The number of imide groups is 1. The largest absolute Gasteiger partial charge is 0.497 e. The normalized spacial score (nSPS) is 15.2. The maximum atomic E-state index is 14.3. The number of unbranched alkanes of at least 4 members (excludes halogenated alkanes) is 9. The molecule has 0 aliphatic carbocycles. The Labute approximate surface area is 322 Å². The highest BCUT2D eigenvalue weighted by Crippen LogP contribution is 2.36. The van der Waals surface area contributed by atoms with Gasteiger partial charge in [0.2, 0.25) is 12.0 Å². The van der Waals surface area contributed by atoms with Gasteiger partial charge < -0.3 is 25.3 Å². The van der Waals surface area contributed by atoms with Crippen LogP contribution in [0.15, 0.2) is 78.9 Å². The van der Waals surface area contributed by atoms with Crippen LogP contribution in [0.5, 0.6) is 5.75 Å². The number of nitrogens with two attached hydrogens (primary N) is 1. The molecule has 1 aliphatic rings. The molecule has 3 N–H and O–H groups in total. The summed E-state index contributed by atoms with van der Waals surface area (Å²) >= 11 is 7.02. The topological polar surface area (TPSA) is 158 Å². The monoisotopic (exact) mass is 762 g/mol. The number of ether oxygens (including phenoxy) is 3. The number of carbonyl (C=O) groups excluding carboxylic acids is 5. The Morgan fingerprint density at radius 2 is 1.46 bits per heavy atom. The molecular formula is C41H51ClN4O8. The summed E-state index contributed by atoms with van der Waals surface area (Å²) in [5, 5.41) is 2.55. The number of Topliss-reactive ketones (excluding diaryl/α,β-unsaturated/α-hetero) is 1. The Hall–Kier alpha value is -4.78. The third-order valence-electron chi connectivity index (χ3n) is 9.09. The van der Waals surface area contributed by atoms with Crippen LogP contribution in [0.2, 0.25) is 0 Å². The summed E-state index contributed by atoms with van der Waals surface area (Å²) in [7, 11) is 1.45. The lowest BCUT2D eigenvalue weighted by atomic mass is 10.0. The van der Waals surface area contributed by atoms with Gasteiger partial charge in [-0.1, -0.05) is 113 Å². The van der Waals surface area contributed by atoms with E-state index in [1.807, 2.05) is 0 Å². The van der Waals surface area contributed by atoms with Crippen LogP contribution in [0.3, 0.4) is 0 Å². The summed E-state index contributed by atoms with van der Waals surface area (Å²) in [4.78, 5) is 68.3. The van der Waals surface area contributed by atoms with Gasteiger partial charge in [0.25, 0.3) is 16.8 Å². The summed E-state index contributed by atoms with van der Waals surface area (Å²) < 4.78 is 16.4. The molecule has 2 atom stereocenters. The molecule has 54 heavy (non-hydrogen) atoms. The molecule has 3 aromatic carbocycles. The number of halogens is 1. The van der Waals surface area contributed by atoms with Crippen molar-refractivity contribution in [2.24, 2.45) is 5.73 Å². The Balaban J connectivity index is 1.52. The zero-order valence-corrected chi connectivity index (χ0v) is 31.9. The van der Waals surface area contributed by atoms with Crippen LogP contribution >= 0.6 is 11.6 Å². The van der Waals surface area contributed by atoms with E-state index in [1.165, 1.54) is 94.2 Å². The SMILES string of the molecule is CCCCCCCCCCCCOC(=O)c1cccc(NC(=O)C(Cl)(C(=O)c2ccc(OC)cc2)N2C(=O)C(OCCN)N(Cc3ccccc3)C2=O)c1. The predicted molar refractivity (Wildman–Crippen MR) is 206 cm³/mol. The van der Waals surface area contributed by atoms with E-state index in [-0.39, 0.29) is 43.1 Å². The highest BCUT2D eigenvalue weighted by atomic mass is 35.5. The number of benzene rings is 3. The number of amides is 4. The third kappa shape index (κ3) is 10.9. The number of nitrogens with zero attached hydrogens (tertiary/aromatic N) is 2. The number of hydrogen-bond acceptors (Lipinski definition) is 9. The third-order valence-corrected chi connectivity index (χ3v) is 9.60. The van der Waals surface area contributed by atoms with E-state index in [0.29, 0.717) is 16.2 Å². The second-order valence-electron chi connectivity index (χ2n) is 13.1. The van der Waals surface area contributed by atoms with Crippen LogP contribution in [0.25, 0.3) is 0 Å². The fourth-order valence-corrected chi connectivity index (χ4v) is 6.45. The van der Waals surface area contributed by atoms with Gasteiger partial charge in [-0.05, 0) is 54.4 Å². The van der Waals surface area contributed by atoms with Gasteiger partial charge >= 0.3 is 12.0 Å². The van der Waals surface area contributed by atoms with Crippen molar-refractivity contribution in [1.82, 2.24) is 9.80 Å². The summed E-state index contributed by atoms with van der Waals surface area (Å²) in [6, 6.07) is 19.4. The molecule has 0 radical (unpaired) electrons. The fourth-order valence-electron chi connectivity index (χ4n) is 6.14. The quantitative estimate of drug-likeness (QED) is 0.0193. The first-order valence-corrected chi connectivity index (χ1v) is 19.0. The maximum Gasteiger partial charge on any atom is 0.338 e. The standard InChI is InChI=1S/C41H51ClN4O8/c1-3-4-5-6-7-8-9-10-11-15-26-54-38(49)32-19-16-20-33(28-32)44-39(50)41(42,35(47)31-21-23-34(52-2)24-22-31)46-36(48)37(53-27-25-43)45(40(46)51)29-30-17-13-12-14-18-30/h12-14,16-24,28,37H,3-11,15,25-27,29,43H2,1-2H3,(H,44,50). The van der Waals surface area contributed by atoms with Crippen molar-refractivity contribution in [3.63, 3.8) is 0 Å². The fraction of sp³-hybridized carbons (Fsp3) is 0.439. The Morgan fingerprint density at radius 3 is 2.09 bits per heavy atom. The Morgan fingerprint density at radius 1 is 0.815 bits per heavy atom. The molecule has 12 nitrogen and oxygen atoms in total. The minimum absolute atomic E-state index is 0.0342. The molecule has 0 saturated carbocycles. The molecule has 290 valence electrons. The molecule has 1 aliphatic heterocycles. The first kappa shape index (κ1) is 42.0. The molecule has 1 heterocycles. The van der Waals surface area contributed by atoms with Gasteiger partial charge in [-0.15, -0.1) is 0 Å². The van der Waals surface area contributed by atoms with Crippen LogP contribution in [-0.4, -0.2) is 77.5 Å². The van der Waals surface area contributed by atoms with Gasteiger partial charge in [0, 0.05) is 17.8 Å². The minimum atomic E-state index is -2.93. The van der Waals surface area contributed by atoms with E-state index < -0.39 is 40.8 Å². The number of hydrogen-bond donors (Lipinski definition) is 2. The van der Waals surface area contributed by atoms with Crippen molar-refractivity contribution in [3.8, 4) is 5.75 Å². The van der Waals surface area contributed by atoms with E-state index in [0.717, 1.165) is 30.6 Å². The van der Waals surface area contributed by atoms with Crippen molar-refractivity contribution in [2.45, 2.75) is 88.9 Å². The summed E-state index contributed by atoms with van der Waals surface area (Å²) in [5.41, 5.74) is 6.46. The molecule has 0 bridgehead atoms. The maximum absolute atomic E-state index is 14.3.